The summed E-state index contributed by atoms with van der Waals surface area (Å²) in [6.45, 7) is 3.53. The van der Waals surface area contributed by atoms with Gasteiger partial charge in [0.05, 0.1) is 0 Å². The Hall–Kier alpha value is -2.62. The third kappa shape index (κ3) is 3.96. The van der Waals surface area contributed by atoms with Crippen LogP contribution in [-0.2, 0) is 16.0 Å². The van der Waals surface area contributed by atoms with Crippen LogP contribution in [0.5, 0.6) is 0 Å². The number of anilines is 1. The van der Waals surface area contributed by atoms with Gasteiger partial charge in [-0.25, -0.2) is 0 Å². The fourth-order valence-corrected chi connectivity index (χ4v) is 4.14. The Labute approximate surface area is 166 Å². The minimum absolute atomic E-state index is 0.0234. The summed E-state index contributed by atoms with van der Waals surface area (Å²) >= 11 is 0. The molecular formula is C24H28N2O2. The molecule has 2 aromatic carbocycles. The SMILES string of the molecule is Cc1ccc(NC(=O)C2(C(=O)N3CCC(Cc4ccccc4)CC3)CC2)cc1. The predicted molar refractivity (Wildman–Crippen MR) is 111 cm³/mol. The molecule has 0 unspecified atom stereocenters. The van der Waals surface area contributed by atoms with Gasteiger partial charge in [-0.15, -0.1) is 0 Å². The van der Waals surface area contributed by atoms with Gasteiger partial charge in [-0.3, -0.25) is 9.59 Å². The Morgan fingerprint density at radius 1 is 1.00 bits per heavy atom. The molecule has 2 aromatic rings. The Bertz CT molecular complexity index is 833. The van der Waals surface area contributed by atoms with Crippen LogP contribution in [0.2, 0.25) is 0 Å². The highest BCUT2D eigenvalue weighted by molar-refractivity contribution is 6.13. The number of likely N-dealkylation sites (tertiary alicyclic amines) is 1. The summed E-state index contributed by atoms with van der Waals surface area (Å²) < 4.78 is 0. The zero-order valence-corrected chi connectivity index (χ0v) is 16.5. The highest BCUT2D eigenvalue weighted by atomic mass is 16.2. The van der Waals surface area contributed by atoms with Gasteiger partial charge < -0.3 is 10.2 Å². The third-order valence-corrected chi connectivity index (χ3v) is 6.17. The first-order valence-corrected chi connectivity index (χ1v) is 10.3. The number of aryl methyl sites for hydroxylation is 1. The quantitative estimate of drug-likeness (QED) is 0.795. The van der Waals surface area contributed by atoms with Gasteiger partial charge in [0.1, 0.15) is 5.41 Å². The third-order valence-electron chi connectivity index (χ3n) is 6.17. The van der Waals surface area contributed by atoms with Crippen molar-refractivity contribution in [2.45, 2.75) is 39.0 Å². The van der Waals surface area contributed by atoms with Crippen LogP contribution in [0.4, 0.5) is 5.69 Å². The molecule has 2 fully saturated rings. The van der Waals surface area contributed by atoms with Crippen LogP contribution in [-0.4, -0.2) is 29.8 Å². The van der Waals surface area contributed by atoms with E-state index >= 15 is 0 Å². The van der Waals surface area contributed by atoms with Gasteiger partial charge in [-0.05, 0) is 62.6 Å². The zero-order valence-electron chi connectivity index (χ0n) is 16.5. The Balaban J connectivity index is 1.33. The summed E-state index contributed by atoms with van der Waals surface area (Å²) in [5, 5.41) is 2.95. The van der Waals surface area contributed by atoms with Crippen molar-refractivity contribution in [3.05, 3.63) is 65.7 Å². The van der Waals surface area contributed by atoms with Gasteiger partial charge in [-0.2, -0.15) is 0 Å². The first-order chi connectivity index (χ1) is 13.6. The number of rotatable bonds is 5. The monoisotopic (exact) mass is 376 g/mol. The summed E-state index contributed by atoms with van der Waals surface area (Å²) in [5.41, 5.74) is 2.44. The number of amides is 2. The van der Waals surface area contributed by atoms with Crippen LogP contribution in [0.15, 0.2) is 54.6 Å². The maximum absolute atomic E-state index is 13.1. The summed E-state index contributed by atoms with van der Waals surface area (Å²) in [6.07, 6.45) is 4.41. The van der Waals surface area contributed by atoms with Crippen molar-refractivity contribution < 1.29 is 9.59 Å². The molecule has 146 valence electrons. The molecule has 0 aromatic heterocycles. The normalized spacial score (nSPS) is 18.5. The molecule has 2 aliphatic rings. The van der Waals surface area contributed by atoms with Crippen molar-refractivity contribution in [2.24, 2.45) is 11.3 Å². The lowest BCUT2D eigenvalue weighted by Gasteiger charge is -2.34. The lowest BCUT2D eigenvalue weighted by Crippen LogP contribution is -2.46. The minimum Gasteiger partial charge on any atom is -0.342 e. The molecule has 2 amide bonds. The Morgan fingerprint density at radius 3 is 2.25 bits per heavy atom. The van der Waals surface area contributed by atoms with Crippen LogP contribution < -0.4 is 5.32 Å². The molecule has 1 N–H and O–H groups in total. The van der Waals surface area contributed by atoms with E-state index in [4.69, 9.17) is 0 Å². The van der Waals surface area contributed by atoms with Crippen molar-refractivity contribution in [1.29, 1.82) is 0 Å². The van der Waals surface area contributed by atoms with Crippen LogP contribution >= 0.6 is 0 Å². The van der Waals surface area contributed by atoms with Crippen LogP contribution in [0.3, 0.4) is 0 Å². The molecule has 0 radical (unpaired) electrons. The number of carbonyl (C=O) groups is 2. The van der Waals surface area contributed by atoms with E-state index in [-0.39, 0.29) is 11.8 Å². The molecule has 4 nitrogen and oxygen atoms in total. The van der Waals surface area contributed by atoms with Gasteiger partial charge in [0.25, 0.3) is 0 Å². The van der Waals surface area contributed by atoms with E-state index in [1.807, 2.05) is 42.2 Å². The summed E-state index contributed by atoms with van der Waals surface area (Å²) in [6, 6.07) is 18.3. The van der Waals surface area contributed by atoms with Gasteiger partial charge in [-0.1, -0.05) is 48.0 Å². The van der Waals surface area contributed by atoms with E-state index in [0.717, 1.165) is 43.6 Å². The first-order valence-electron chi connectivity index (χ1n) is 10.3. The summed E-state index contributed by atoms with van der Waals surface area (Å²) in [7, 11) is 0. The summed E-state index contributed by atoms with van der Waals surface area (Å²) in [5.74, 6) is 0.492. The highest BCUT2D eigenvalue weighted by Gasteiger charge is 2.58. The fourth-order valence-electron chi connectivity index (χ4n) is 4.14. The number of nitrogens with one attached hydrogen (secondary N) is 1. The number of benzene rings is 2. The number of carbonyl (C=O) groups excluding carboxylic acids is 2. The molecule has 1 aliphatic carbocycles. The second-order valence-corrected chi connectivity index (χ2v) is 8.33. The van der Waals surface area contributed by atoms with E-state index in [2.05, 4.69) is 29.6 Å². The Kier molecular flexibility index (Phi) is 5.21. The molecular weight excluding hydrogens is 348 g/mol. The minimum atomic E-state index is -0.836. The van der Waals surface area contributed by atoms with Gasteiger partial charge >= 0.3 is 0 Å². The van der Waals surface area contributed by atoms with Crippen molar-refractivity contribution in [1.82, 2.24) is 4.90 Å². The van der Waals surface area contributed by atoms with Crippen LogP contribution in [0.25, 0.3) is 0 Å². The maximum atomic E-state index is 13.1. The van der Waals surface area contributed by atoms with Crippen molar-refractivity contribution in [3.63, 3.8) is 0 Å². The summed E-state index contributed by atoms with van der Waals surface area (Å²) in [4.78, 5) is 27.8. The topological polar surface area (TPSA) is 49.4 Å². The van der Waals surface area contributed by atoms with Gasteiger partial charge in [0.2, 0.25) is 11.8 Å². The van der Waals surface area contributed by atoms with Gasteiger partial charge in [0, 0.05) is 18.8 Å². The molecule has 1 heterocycles. The van der Waals surface area contributed by atoms with Crippen molar-refractivity contribution in [2.75, 3.05) is 18.4 Å². The second kappa shape index (κ2) is 7.78. The smallest absolute Gasteiger partial charge is 0.240 e. The molecule has 0 atom stereocenters. The number of hydrogen-bond acceptors (Lipinski definition) is 2. The number of nitrogens with zero attached hydrogens (tertiary/aromatic N) is 1. The molecule has 0 bridgehead atoms. The van der Waals surface area contributed by atoms with E-state index < -0.39 is 5.41 Å². The second-order valence-electron chi connectivity index (χ2n) is 8.33. The van der Waals surface area contributed by atoms with E-state index in [0.29, 0.717) is 18.8 Å². The van der Waals surface area contributed by atoms with Crippen LogP contribution in [0.1, 0.15) is 36.8 Å². The lowest BCUT2D eigenvalue weighted by atomic mass is 9.89. The molecule has 0 spiro atoms. The van der Waals surface area contributed by atoms with Gasteiger partial charge in [0.15, 0.2) is 0 Å². The molecule has 1 saturated heterocycles. The molecule has 4 heteroatoms. The maximum Gasteiger partial charge on any atom is 0.240 e. The first kappa shape index (κ1) is 18.7. The number of piperidine rings is 1. The highest BCUT2D eigenvalue weighted by Crippen LogP contribution is 2.48. The molecule has 1 saturated carbocycles. The van der Waals surface area contributed by atoms with Crippen molar-refractivity contribution >= 4 is 17.5 Å². The Morgan fingerprint density at radius 2 is 1.64 bits per heavy atom. The molecule has 4 rings (SSSR count). The molecule has 1 aliphatic heterocycles. The standard InChI is InChI=1S/C24H28N2O2/c1-18-7-9-21(10-8-18)25-22(27)24(13-14-24)23(28)26-15-11-20(12-16-26)17-19-5-3-2-4-6-19/h2-10,20H,11-17H2,1H3,(H,25,27). The average molecular weight is 377 g/mol. The predicted octanol–water partition coefficient (Wildman–Crippen LogP) is 4.20. The van der Waals surface area contributed by atoms with E-state index in [1.54, 1.807) is 0 Å². The fraction of sp³-hybridized carbons (Fsp3) is 0.417. The van der Waals surface area contributed by atoms with Crippen molar-refractivity contribution in [3.8, 4) is 0 Å². The van der Waals surface area contributed by atoms with E-state index in [1.165, 1.54) is 5.56 Å². The number of hydrogen-bond donors (Lipinski definition) is 1. The van der Waals surface area contributed by atoms with E-state index in [9.17, 15) is 9.59 Å². The van der Waals surface area contributed by atoms with Crippen LogP contribution in [0, 0.1) is 18.3 Å². The zero-order chi connectivity index (χ0) is 19.6. The largest absolute Gasteiger partial charge is 0.342 e. The average Bonchev–Trinajstić information content (AvgIpc) is 3.53. The lowest BCUT2D eigenvalue weighted by molar-refractivity contribution is -0.143. The molecule has 28 heavy (non-hydrogen) atoms.